The van der Waals surface area contributed by atoms with Crippen LogP contribution < -0.4 is 5.32 Å². The summed E-state index contributed by atoms with van der Waals surface area (Å²) in [4.78, 5) is 22.9. The van der Waals surface area contributed by atoms with Crippen LogP contribution in [-0.4, -0.2) is 40.0 Å². The maximum absolute atomic E-state index is 12.8. The summed E-state index contributed by atoms with van der Waals surface area (Å²) in [6.45, 7) is -0.553. The number of hydrogen-bond donors (Lipinski definition) is 4. The number of carboxylic acids is 1. The summed E-state index contributed by atoms with van der Waals surface area (Å²) in [5.41, 5.74) is -1.71. The second kappa shape index (κ2) is 9.39. The summed E-state index contributed by atoms with van der Waals surface area (Å²) in [6, 6.07) is 10.5. The highest BCUT2D eigenvalue weighted by atomic mass is 19.4. The number of carboxylic acid groups (broad SMARTS) is 1. The molecule has 0 aliphatic rings. The van der Waals surface area contributed by atoms with Gasteiger partial charge in [-0.1, -0.05) is 36.4 Å². The van der Waals surface area contributed by atoms with Crippen LogP contribution in [0.25, 0.3) is 0 Å². The Labute approximate surface area is 163 Å². The van der Waals surface area contributed by atoms with Crippen LogP contribution in [0.15, 0.2) is 48.5 Å². The third-order valence-electron chi connectivity index (χ3n) is 3.96. The number of aliphatic hydroxyl groups excluding tert-OH is 2. The number of carbonyl (C=O) groups is 2. The van der Waals surface area contributed by atoms with Gasteiger partial charge in [-0.25, -0.2) is 9.59 Å². The molecule has 0 aromatic heterocycles. The fourth-order valence-electron chi connectivity index (χ4n) is 2.46. The van der Waals surface area contributed by atoms with Gasteiger partial charge >= 0.3 is 18.2 Å². The largest absolute Gasteiger partial charge is 0.478 e. The van der Waals surface area contributed by atoms with Gasteiger partial charge in [-0.15, -0.1) is 0 Å². The van der Waals surface area contributed by atoms with Gasteiger partial charge in [0.2, 0.25) is 0 Å². The van der Waals surface area contributed by atoms with Gasteiger partial charge in [0.25, 0.3) is 0 Å². The standard InChI is InChI=1S/C19H18F3NO6/c20-19(21,22)12-6-7-13(14(8-12)17(26)27)16(25)15(24)9-23-18(28)29-10-11-4-2-1-3-5-11/h1-8,15-16,24-25H,9-10H2,(H,23,28)(H,26,27). The Balaban J connectivity index is 1.99. The van der Waals surface area contributed by atoms with Gasteiger partial charge in [-0.2, -0.15) is 13.2 Å². The molecule has 2 rings (SSSR count). The minimum atomic E-state index is -4.77. The number of hydrogen-bond acceptors (Lipinski definition) is 5. The molecule has 0 saturated heterocycles. The third kappa shape index (κ3) is 6.19. The van der Waals surface area contributed by atoms with E-state index < -0.39 is 53.7 Å². The average molecular weight is 413 g/mol. The molecule has 0 fully saturated rings. The summed E-state index contributed by atoms with van der Waals surface area (Å²) in [7, 11) is 0. The van der Waals surface area contributed by atoms with Crippen molar-refractivity contribution in [3.63, 3.8) is 0 Å². The van der Waals surface area contributed by atoms with Crippen LogP contribution in [0.5, 0.6) is 0 Å². The molecule has 2 aromatic rings. The summed E-state index contributed by atoms with van der Waals surface area (Å²) in [6.07, 6.45) is -9.20. The van der Waals surface area contributed by atoms with Crippen molar-refractivity contribution >= 4 is 12.1 Å². The number of carbonyl (C=O) groups excluding carboxylic acids is 1. The van der Waals surface area contributed by atoms with Crippen LogP contribution in [0.4, 0.5) is 18.0 Å². The van der Waals surface area contributed by atoms with Gasteiger partial charge in [-0.3, -0.25) is 0 Å². The lowest BCUT2D eigenvalue weighted by atomic mass is 9.96. The number of rotatable bonds is 7. The Morgan fingerprint density at radius 1 is 1.07 bits per heavy atom. The Morgan fingerprint density at radius 2 is 1.72 bits per heavy atom. The van der Waals surface area contributed by atoms with Crippen molar-refractivity contribution < 1.29 is 42.8 Å². The number of ether oxygens (including phenoxy) is 1. The Kier molecular flexibility index (Phi) is 7.18. The molecule has 156 valence electrons. The highest BCUT2D eigenvalue weighted by Gasteiger charge is 2.33. The molecule has 0 saturated carbocycles. The Bertz CT molecular complexity index is 857. The minimum absolute atomic E-state index is 0.0343. The fourth-order valence-corrected chi connectivity index (χ4v) is 2.46. The predicted octanol–water partition coefficient (Wildman–Crippen LogP) is 2.72. The average Bonchev–Trinajstić information content (AvgIpc) is 2.69. The van der Waals surface area contributed by atoms with E-state index in [1.54, 1.807) is 30.3 Å². The molecule has 29 heavy (non-hydrogen) atoms. The van der Waals surface area contributed by atoms with Crippen molar-refractivity contribution in [1.29, 1.82) is 0 Å². The molecular formula is C19H18F3NO6. The number of nitrogens with one attached hydrogen (secondary N) is 1. The first kappa shape index (κ1) is 22.2. The van der Waals surface area contributed by atoms with Crippen LogP contribution >= 0.6 is 0 Å². The smallest absolute Gasteiger partial charge is 0.416 e. The lowest BCUT2D eigenvalue weighted by Gasteiger charge is -2.21. The maximum atomic E-state index is 12.8. The molecule has 1 amide bonds. The highest BCUT2D eigenvalue weighted by Crippen LogP contribution is 2.32. The first-order valence-corrected chi connectivity index (χ1v) is 8.34. The molecule has 0 heterocycles. The minimum Gasteiger partial charge on any atom is -0.478 e. The molecule has 2 aromatic carbocycles. The van der Waals surface area contributed by atoms with E-state index in [1.165, 1.54) is 0 Å². The first-order chi connectivity index (χ1) is 13.6. The van der Waals surface area contributed by atoms with Crippen molar-refractivity contribution in [2.75, 3.05) is 6.54 Å². The Morgan fingerprint density at radius 3 is 2.31 bits per heavy atom. The van der Waals surface area contributed by atoms with Gasteiger partial charge in [-0.05, 0) is 23.3 Å². The molecular weight excluding hydrogens is 395 g/mol. The zero-order chi connectivity index (χ0) is 21.6. The zero-order valence-electron chi connectivity index (χ0n) is 14.9. The van der Waals surface area contributed by atoms with Crippen molar-refractivity contribution in [2.24, 2.45) is 0 Å². The van der Waals surface area contributed by atoms with E-state index in [-0.39, 0.29) is 6.61 Å². The van der Waals surface area contributed by atoms with E-state index in [4.69, 9.17) is 9.84 Å². The summed E-state index contributed by atoms with van der Waals surface area (Å²) >= 11 is 0. The SMILES string of the molecule is O=C(NCC(O)C(O)c1ccc(C(F)(F)F)cc1C(=O)O)OCc1ccccc1. The first-order valence-electron chi connectivity index (χ1n) is 8.34. The van der Waals surface area contributed by atoms with E-state index >= 15 is 0 Å². The number of amides is 1. The number of benzene rings is 2. The van der Waals surface area contributed by atoms with Gasteiger partial charge in [0, 0.05) is 6.54 Å². The van der Waals surface area contributed by atoms with Gasteiger partial charge in [0.15, 0.2) is 0 Å². The van der Waals surface area contributed by atoms with E-state index in [0.717, 1.165) is 11.6 Å². The molecule has 0 aliphatic carbocycles. The van der Waals surface area contributed by atoms with Crippen molar-refractivity contribution in [2.45, 2.75) is 25.0 Å². The zero-order valence-corrected chi connectivity index (χ0v) is 14.9. The Hall–Kier alpha value is -3.11. The van der Waals surface area contributed by atoms with Crippen LogP contribution in [0.1, 0.15) is 33.2 Å². The van der Waals surface area contributed by atoms with Crippen LogP contribution in [-0.2, 0) is 17.5 Å². The summed E-state index contributed by atoms with van der Waals surface area (Å²) in [5, 5.41) is 31.5. The van der Waals surface area contributed by atoms with Crippen LogP contribution in [0.3, 0.4) is 0 Å². The molecule has 0 aliphatic heterocycles. The molecule has 4 N–H and O–H groups in total. The molecule has 0 spiro atoms. The quantitative estimate of drug-likeness (QED) is 0.555. The number of aromatic carboxylic acids is 1. The molecule has 2 unspecified atom stereocenters. The molecule has 7 nitrogen and oxygen atoms in total. The number of alkyl carbamates (subject to hydrolysis) is 1. The van der Waals surface area contributed by atoms with Crippen molar-refractivity contribution in [3.05, 3.63) is 70.8 Å². The van der Waals surface area contributed by atoms with Crippen molar-refractivity contribution in [3.8, 4) is 0 Å². The lowest BCUT2D eigenvalue weighted by Crippen LogP contribution is -2.36. The molecule has 0 radical (unpaired) electrons. The molecule has 0 bridgehead atoms. The van der Waals surface area contributed by atoms with Crippen LogP contribution in [0, 0.1) is 0 Å². The summed E-state index contributed by atoms with van der Waals surface area (Å²) in [5.74, 6) is -1.70. The fraction of sp³-hybridized carbons (Fsp3) is 0.263. The topological polar surface area (TPSA) is 116 Å². The number of aliphatic hydroxyl groups is 2. The van der Waals surface area contributed by atoms with Gasteiger partial charge in [0.1, 0.15) is 18.8 Å². The third-order valence-corrected chi connectivity index (χ3v) is 3.96. The van der Waals surface area contributed by atoms with Gasteiger partial charge < -0.3 is 25.4 Å². The molecule has 2 atom stereocenters. The van der Waals surface area contributed by atoms with Crippen molar-refractivity contribution in [1.82, 2.24) is 5.32 Å². The van der Waals surface area contributed by atoms with E-state index in [9.17, 15) is 33.0 Å². The second-order valence-electron chi connectivity index (χ2n) is 6.06. The highest BCUT2D eigenvalue weighted by molar-refractivity contribution is 5.90. The van der Waals surface area contributed by atoms with Crippen LogP contribution in [0.2, 0.25) is 0 Å². The van der Waals surface area contributed by atoms with Gasteiger partial charge in [0.05, 0.1) is 11.1 Å². The van der Waals surface area contributed by atoms with E-state index in [0.29, 0.717) is 12.1 Å². The maximum Gasteiger partial charge on any atom is 0.416 e. The van der Waals surface area contributed by atoms with E-state index in [2.05, 4.69) is 5.32 Å². The predicted molar refractivity (Wildman–Crippen MR) is 94.0 cm³/mol. The normalized spacial score (nSPS) is 13.4. The number of alkyl halides is 3. The second-order valence-corrected chi connectivity index (χ2v) is 6.06. The molecule has 10 heteroatoms. The number of halogens is 3. The monoisotopic (exact) mass is 413 g/mol. The van der Waals surface area contributed by atoms with E-state index in [1.807, 2.05) is 0 Å². The summed E-state index contributed by atoms with van der Waals surface area (Å²) < 4.78 is 43.2. The lowest BCUT2D eigenvalue weighted by molar-refractivity contribution is -0.137.